The number of morpholine rings is 1. The summed E-state index contributed by atoms with van der Waals surface area (Å²) in [6, 6.07) is 5.34. The molecule has 68 heavy (non-hydrogen) atoms. The van der Waals surface area contributed by atoms with Crippen molar-refractivity contribution in [1.29, 1.82) is 0 Å². The number of fused-ring (bicyclic) bond motifs is 4. The van der Waals surface area contributed by atoms with Crippen LogP contribution in [0.2, 0.25) is 0 Å². The van der Waals surface area contributed by atoms with E-state index in [0.717, 1.165) is 20.5 Å². The first-order valence-electron chi connectivity index (χ1n) is 22.7. The molecule has 5 aliphatic rings. The van der Waals surface area contributed by atoms with Crippen LogP contribution in [0, 0.1) is 5.92 Å². The van der Waals surface area contributed by atoms with Gasteiger partial charge in [-0.15, -0.1) is 0 Å². The van der Waals surface area contributed by atoms with Gasteiger partial charge in [0.1, 0.15) is 17.4 Å². The largest absolute Gasteiger partial charge is 0.384 e. The maximum Gasteiger partial charge on any atom is 0.284 e. The molecule has 362 valence electrons. The second-order valence-corrected chi connectivity index (χ2v) is 19.8. The monoisotopic (exact) mass is 963 g/mol. The van der Waals surface area contributed by atoms with Gasteiger partial charge in [-0.2, -0.15) is 10.2 Å². The van der Waals surface area contributed by atoms with Gasteiger partial charge in [-0.1, -0.05) is 6.07 Å². The van der Waals surface area contributed by atoms with Crippen molar-refractivity contribution < 1.29 is 55.4 Å². The number of likely N-dealkylation sites (N-methyl/N-ethyl adjacent to an activating group) is 1. The number of benzene rings is 1. The Balaban J connectivity index is 0.711. The number of nitrogens with one attached hydrogen (secondary N) is 2. The van der Waals surface area contributed by atoms with E-state index >= 15 is 0 Å². The number of likely N-dealkylation sites (tertiary alicyclic amines) is 1. The summed E-state index contributed by atoms with van der Waals surface area (Å²) >= 11 is 0. The van der Waals surface area contributed by atoms with Crippen LogP contribution in [0.1, 0.15) is 107 Å². The lowest BCUT2D eigenvalue weighted by atomic mass is 9.85. The molecule has 4 fully saturated rings. The van der Waals surface area contributed by atoms with Crippen molar-refractivity contribution >= 4 is 68.3 Å². The van der Waals surface area contributed by atoms with E-state index in [4.69, 9.17) is 9.47 Å². The van der Waals surface area contributed by atoms with Crippen LogP contribution in [-0.2, 0) is 33.9 Å². The Kier molecular flexibility index (Phi) is 13.0. The number of piperidine rings is 1. The zero-order valence-corrected chi connectivity index (χ0v) is 38.2. The molecule has 3 aromatic heterocycles. The van der Waals surface area contributed by atoms with Gasteiger partial charge >= 0.3 is 0 Å². The predicted octanol–water partition coefficient (Wildman–Crippen LogP) is 3.27. The molecule has 9 rings (SSSR count). The fourth-order valence-corrected chi connectivity index (χ4v) is 10.9. The molecule has 1 aliphatic carbocycles. The zero-order chi connectivity index (χ0) is 48.0. The van der Waals surface area contributed by atoms with Crippen molar-refractivity contribution in [2.24, 2.45) is 5.92 Å². The number of amides is 6. The number of carbonyl (C=O) groups is 6. The first-order valence-corrected chi connectivity index (χ1v) is 24.3. The average molecular weight is 964 g/mol. The smallest absolute Gasteiger partial charge is 0.284 e. The van der Waals surface area contributed by atoms with Gasteiger partial charge < -0.3 is 25.0 Å². The number of alkyl halides is 2. The quantitative estimate of drug-likeness (QED) is 0.114. The lowest BCUT2D eigenvalue weighted by Crippen LogP contribution is -2.54. The Morgan fingerprint density at radius 2 is 1.78 bits per heavy atom. The Morgan fingerprint density at radius 1 is 1.00 bits per heavy atom. The molecule has 0 radical (unpaired) electrons. The number of sulfonamides is 1. The van der Waals surface area contributed by atoms with Gasteiger partial charge in [-0.05, 0) is 69.6 Å². The highest BCUT2D eigenvalue weighted by atomic mass is 32.2. The number of carbonyl (C=O) groups excluding carboxylic acids is 6. The van der Waals surface area contributed by atoms with E-state index in [1.807, 2.05) is 6.07 Å². The molecule has 7 heterocycles. The van der Waals surface area contributed by atoms with Gasteiger partial charge in [0.05, 0.1) is 53.6 Å². The van der Waals surface area contributed by atoms with Gasteiger partial charge in [0, 0.05) is 70.8 Å². The fourth-order valence-electron chi connectivity index (χ4n) is 9.73. The Bertz CT molecular complexity index is 2780. The van der Waals surface area contributed by atoms with Crippen molar-refractivity contribution in [3.63, 3.8) is 0 Å². The van der Waals surface area contributed by atoms with Crippen LogP contribution < -0.4 is 15.5 Å². The molecule has 3 saturated heterocycles. The third-order valence-corrected chi connectivity index (χ3v) is 15.3. The van der Waals surface area contributed by atoms with E-state index in [1.165, 1.54) is 41.8 Å². The van der Waals surface area contributed by atoms with Gasteiger partial charge in [0.2, 0.25) is 21.8 Å². The summed E-state index contributed by atoms with van der Waals surface area (Å²) in [5.41, 5.74) is 0.317. The Labute approximate surface area is 389 Å². The number of imide groups is 2. The van der Waals surface area contributed by atoms with E-state index in [0.29, 0.717) is 63.3 Å². The summed E-state index contributed by atoms with van der Waals surface area (Å²) in [6.45, 7) is 1.97. The molecular formula is C44H51F2N11O10S. The van der Waals surface area contributed by atoms with Crippen LogP contribution in [0.4, 0.5) is 26.0 Å². The van der Waals surface area contributed by atoms with Crippen molar-refractivity contribution in [2.45, 2.75) is 88.4 Å². The lowest BCUT2D eigenvalue weighted by molar-refractivity contribution is -0.149. The topological polar surface area (TPSA) is 240 Å². The van der Waals surface area contributed by atoms with Crippen LogP contribution in [0.5, 0.6) is 0 Å². The van der Waals surface area contributed by atoms with Crippen molar-refractivity contribution in [1.82, 2.24) is 38.5 Å². The second-order valence-electron chi connectivity index (χ2n) is 17.7. The van der Waals surface area contributed by atoms with E-state index in [-0.39, 0.29) is 90.3 Å². The van der Waals surface area contributed by atoms with E-state index in [2.05, 4.69) is 30.7 Å². The molecule has 24 heteroatoms. The average Bonchev–Trinajstić information content (AvgIpc) is 4.19. The van der Waals surface area contributed by atoms with Crippen LogP contribution in [0.3, 0.4) is 0 Å². The molecule has 1 saturated carbocycles. The van der Waals surface area contributed by atoms with Crippen LogP contribution in [0.25, 0.3) is 5.65 Å². The lowest BCUT2D eigenvalue weighted by Gasteiger charge is -2.32. The molecule has 1 aromatic carbocycles. The number of hydrogen-bond acceptors (Lipinski definition) is 15. The molecule has 4 aliphatic heterocycles. The number of ether oxygens (including phenoxy) is 2. The number of hydrogen-bond donors (Lipinski definition) is 2. The number of halogens is 2. The standard InChI is InChI=1S/C44H51F2N11O10S/c1-52-35(58)13-12-33(43(52)62)57-42(61)29-6-3-7-31(36(29)44(57)63)47-15-4-17-66-18-5-19-68(64,65)53(2)41(60)25-8-10-26(11-9-25)56-23-32(37(51-56)38(45)46)49-40(59)30-21-48-55-16-14-34(50-39(30)55)54-22-28-20-27(54)24-67-28/h3,6-7,14,16,21,23,25-28,33,38,47H,4-5,8-13,15,17-20,22,24H2,1-2H3,(H,49,59)/t25?,26?,27-,28?,33?/m1/s1. The van der Waals surface area contributed by atoms with Crippen molar-refractivity contribution in [3.05, 3.63) is 65.2 Å². The SMILES string of the molecule is CN1C(=O)CCC(N2C(=O)c3cccc(NCCCOCCCS(=O)(=O)N(C)C(=O)C4CCC(n5cc(NC(=O)c6cnn7ccc(N8CC9C[C@@H]8CO9)nc67)c(C(F)F)n5)CC4)c3C2=O)C1=O. The first-order chi connectivity index (χ1) is 32.6. The third kappa shape index (κ3) is 8.91. The highest BCUT2D eigenvalue weighted by molar-refractivity contribution is 7.89. The second kappa shape index (κ2) is 18.9. The minimum atomic E-state index is -3.98. The van der Waals surface area contributed by atoms with Gasteiger partial charge in [0.15, 0.2) is 11.3 Å². The summed E-state index contributed by atoms with van der Waals surface area (Å²) in [5, 5.41) is 14.1. The number of rotatable bonds is 17. The molecule has 21 nitrogen and oxygen atoms in total. The summed E-state index contributed by atoms with van der Waals surface area (Å²) in [5.74, 6) is -3.71. The molecule has 2 unspecified atom stereocenters. The molecule has 4 aromatic rings. The highest BCUT2D eigenvalue weighted by Crippen LogP contribution is 2.37. The third-order valence-electron chi connectivity index (χ3n) is 13.5. The van der Waals surface area contributed by atoms with E-state index in [9.17, 15) is 46.0 Å². The first kappa shape index (κ1) is 46.7. The van der Waals surface area contributed by atoms with Gasteiger partial charge in [0.25, 0.3) is 30.1 Å². The summed E-state index contributed by atoms with van der Waals surface area (Å²) < 4.78 is 69.8. The normalized spacial score (nSPS) is 22.8. The molecule has 3 atom stereocenters. The summed E-state index contributed by atoms with van der Waals surface area (Å²) in [7, 11) is -1.43. The van der Waals surface area contributed by atoms with E-state index in [1.54, 1.807) is 18.3 Å². The molecule has 2 bridgehead atoms. The summed E-state index contributed by atoms with van der Waals surface area (Å²) in [6.07, 6.45) is 4.39. The maximum atomic E-state index is 14.3. The van der Waals surface area contributed by atoms with Gasteiger partial charge in [-0.25, -0.2) is 31.0 Å². The number of nitrogens with zero attached hydrogens (tertiary/aromatic N) is 9. The van der Waals surface area contributed by atoms with Crippen LogP contribution >= 0.6 is 0 Å². The summed E-state index contributed by atoms with van der Waals surface area (Å²) in [4.78, 5) is 87.0. The molecule has 2 N–H and O–H groups in total. The van der Waals surface area contributed by atoms with Crippen molar-refractivity contribution in [2.75, 3.05) is 68.3 Å². The predicted molar refractivity (Wildman–Crippen MR) is 237 cm³/mol. The van der Waals surface area contributed by atoms with E-state index < -0.39 is 63.6 Å². The molecule has 0 spiro atoms. The van der Waals surface area contributed by atoms with Crippen LogP contribution in [-0.4, -0.2) is 153 Å². The highest BCUT2D eigenvalue weighted by Gasteiger charge is 2.47. The van der Waals surface area contributed by atoms with Gasteiger partial charge in [-0.3, -0.25) is 43.2 Å². The molecule has 6 amide bonds. The Morgan fingerprint density at radius 3 is 2.51 bits per heavy atom. The minimum absolute atomic E-state index is 0.0372. The van der Waals surface area contributed by atoms with Crippen molar-refractivity contribution in [3.8, 4) is 0 Å². The van der Waals surface area contributed by atoms with Crippen LogP contribution in [0.15, 0.2) is 42.9 Å². The molecular weight excluding hydrogens is 913 g/mol. The Hall–Kier alpha value is -6.40. The zero-order valence-electron chi connectivity index (χ0n) is 37.4. The fraction of sp³-hybridized carbons (Fsp3) is 0.523. The number of aromatic nitrogens is 5. The maximum absolute atomic E-state index is 14.3. The minimum Gasteiger partial charge on any atom is -0.384 e. The number of anilines is 3.